The maximum atomic E-state index is 14.5. The summed E-state index contributed by atoms with van der Waals surface area (Å²) in [6, 6.07) is 5.53. The standard InChI is InChI=1S/C19H23F2N5O/c1-5-24-18(22)26(4)17(27)19(2,3)15-9-13(6-7-16(15)21)25-14-8-12(20)10-23-11-14/h6-11,25H,5H2,1-4H3,(H2,22,24). The summed E-state index contributed by atoms with van der Waals surface area (Å²) < 4.78 is 27.8. The molecule has 0 aliphatic rings. The molecular weight excluding hydrogens is 352 g/mol. The van der Waals surface area contributed by atoms with E-state index in [2.05, 4.69) is 15.3 Å². The van der Waals surface area contributed by atoms with E-state index in [1.807, 2.05) is 0 Å². The lowest BCUT2D eigenvalue weighted by Crippen LogP contribution is -2.47. The number of carbonyl (C=O) groups excluding carboxylic acids is 1. The van der Waals surface area contributed by atoms with Crippen molar-refractivity contribution in [3.63, 3.8) is 0 Å². The van der Waals surface area contributed by atoms with Gasteiger partial charge in [-0.15, -0.1) is 0 Å². The van der Waals surface area contributed by atoms with Gasteiger partial charge in [-0.3, -0.25) is 19.7 Å². The molecule has 8 heteroatoms. The van der Waals surface area contributed by atoms with Crippen molar-refractivity contribution in [3.05, 3.63) is 53.9 Å². The van der Waals surface area contributed by atoms with Crippen LogP contribution >= 0.6 is 0 Å². The van der Waals surface area contributed by atoms with Crippen LogP contribution < -0.4 is 11.1 Å². The second-order valence-electron chi connectivity index (χ2n) is 6.53. The number of hydrogen-bond donors (Lipinski definition) is 2. The number of guanidine groups is 1. The third-order valence-electron chi connectivity index (χ3n) is 4.14. The first-order valence-corrected chi connectivity index (χ1v) is 8.42. The highest BCUT2D eigenvalue weighted by atomic mass is 19.1. The van der Waals surface area contributed by atoms with Crippen LogP contribution in [0.2, 0.25) is 0 Å². The molecule has 2 aromatic rings. The number of rotatable bonds is 5. The van der Waals surface area contributed by atoms with Gasteiger partial charge >= 0.3 is 0 Å². The van der Waals surface area contributed by atoms with E-state index in [9.17, 15) is 13.6 Å². The van der Waals surface area contributed by atoms with Gasteiger partial charge in [0.1, 0.15) is 11.6 Å². The number of aliphatic imine (C=N–C) groups is 1. The molecule has 0 saturated carbocycles. The number of carbonyl (C=O) groups is 1. The lowest BCUT2D eigenvalue weighted by atomic mass is 9.82. The first kappa shape index (κ1) is 20.3. The van der Waals surface area contributed by atoms with Crippen LogP contribution in [0, 0.1) is 11.6 Å². The molecule has 0 fully saturated rings. The number of hydrogen-bond acceptors (Lipinski definition) is 4. The Morgan fingerprint density at radius 2 is 1.96 bits per heavy atom. The minimum Gasteiger partial charge on any atom is -0.369 e. The minimum atomic E-state index is -1.20. The molecule has 6 nitrogen and oxygen atoms in total. The van der Waals surface area contributed by atoms with Crippen LogP contribution in [-0.2, 0) is 10.2 Å². The van der Waals surface area contributed by atoms with Gasteiger partial charge in [-0.25, -0.2) is 8.78 Å². The Labute approximate surface area is 157 Å². The number of pyridine rings is 1. The van der Waals surface area contributed by atoms with Crippen molar-refractivity contribution < 1.29 is 13.6 Å². The van der Waals surface area contributed by atoms with Gasteiger partial charge in [-0.2, -0.15) is 0 Å². The average molecular weight is 375 g/mol. The second-order valence-corrected chi connectivity index (χ2v) is 6.53. The van der Waals surface area contributed by atoms with E-state index >= 15 is 0 Å². The van der Waals surface area contributed by atoms with Crippen molar-refractivity contribution in [1.82, 2.24) is 9.88 Å². The van der Waals surface area contributed by atoms with Gasteiger partial charge in [-0.05, 0) is 39.0 Å². The largest absolute Gasteiger partial charge is 0.369 e. The molecule has 2 rings (SSSR count). The zero-order valence-corrected chi connectivity index (χ0v) is 15.8. The van der Waals surface area contributed by atoms with Crippen molar-refractivity contribution >= 4 is 23.2 Å². The third kappa shape index (κ3) is 4.58. The van der Waals surface area contributed by atoms with Crippen molar-refractivity contribution in [2.45, 2.75) is 26.2 Å². The number of nitrogens with zero attached hydrogens (tertiary/aromatic N) is 3. The van der Waals surface area contributed by atoms with Gasteiger partial charge in [0.05, 0.1) is 23.5 Å². The summed E-state index contributed by atoms with van der Waals surface area (Å²) in [6.45, 7) is 5.44. The molecule has 0 unspecified atom stereocenters. The summed E-state index contributed by atoms with van der Waals surface area (Å²) in [7, 11) is 1.50. The van der Waals surface area contributed by atoms with Crippen molar-refractivity contribution in [2.75, 3.05) is 18.9 Å². The van der Waals surface area contributed by atoms with E-state index < -0.39 is 23.0 Å². The molecule has 1 aromatic heterocycles. The summed E-state index contributed by atoms with van der Waals surface area (Å²) in [5.41, 5.74) is 5.68. The fraction of sp³-hybridized carbons (Fsp3) is 0.316. The number of halogens is 2. The van der Waals surface area contributed by atoms with Gasteiger partial charge < -0.3 is 11.1 Å². The molecule has 1 aromatic carbocycles. The summed E-state index contributed by atoms with van der Waals surface area (Å²) in [6.07, 6.45) is 2.53. The van der Waals surface area contributed by atoms with Crippen LogP contribution in [-0.4, -0.2) is 35.3 Å². The van der Waals surface area contributed by atoms with Gasteiger partial charge in [0.2, 0.25) is 5.91 Å². The Balaban J connectivity index is 2.36. The number of likely N-dealkylation sites (N-methyl/N-ethyl adjacent to an activating group) is 1. The number of benzene rings is 1. The van der Waals surface area contributed by atoms with Crippen LogP contribution in [0.4, 0.5) is 20.2 Å². The smallest absolute Gasteiger partial charge is 0.239 e. The number of anilines is 2. The van der Waals surface area contributed by atoms with E-state index in [4.69, 9.17) is 5.73 Å². The van der Waals surface area contributed by atoms with Gasteiger partial charge in [0.15, 0.2) is 5.96 Å². The van der Waals surface area contributed by atoms with E-state index in [-0.39, 0.29) is 11.5 Å². The maximum absolute atomic E-state index is 14.5. The summed E-state index contributed by atoms with van der Waals surface area (Å²) in [5, 5.41) is 2.95. The van der Waals surface area contributed by atoms with E-state index in [0.717, 1.165) is 6.20 Å². The Morgan fingerprint density at radius 3 is 2.59 bits per heavy atom. The maximum Gasteiger partial charge on any atom is 0.239 e. The lowest BCUT2D eigenvalue weighted by Gasteiger charge is -2.30. The SMILES string of the molecule is CCN=C(N)N(C)C(=O)C(C)(C)c1cc(Nc2cncc(F)c2)ccc1F. The van der Waals surface area contributed by atoms with E-state index in [0.29, 0.717) is 17.9 Å². The third-order valence-corrected chi connectivity index (χ3v) is 4.14. The normalized spacial score (nSPS) is 12.0. The first-order valence-electron chi connectivity index (χ1n) is 8.42. The van der Waals surface area contributed by atoms with Gasteiger partial charge in [-0.1, -0.05) is 0 Å². The molecule has 0 saturated heterocycles. The Bertz CT molecular complexity index is 867. The van der Waals surface area contributed by atoms with E-state index in [1.165, 1.54) is 42.4 Å². The molecule has 27 heavy (non-hydrogen) atoms. The van der Waals surface area contributed by atoms with Gasteiger partial charge in [0, 0.05) is 30.9 Å². The zero-order chi connectivity index (χ0) is 20.2. The quantitative estimate of drug-likeness (QED) is 0.621. The Morgan fingerprint density at radius 1 is 1.26 bits per heavy atom. The average Bonchev–Trinajstić information content (AvgIpc) is 2.62. The molecule has 3 N–H and O–H groups in total. The van der Waals surface area contributed by atoms with Crippen LogP contribution in [0.25, 0.3) is 0 Å². The first-order chi connectivity index (χ1) is 12.7. The summed E-state index contributed by atoms with van der Waals surface area (Å²) in [5.74, 6) is -1.36. The highest BCUT2D eigenvalue weighted by Crippen LogP contribution is 2.31. The highest BCUT2D eigenvalue weighted by Gasteiger charge is 2.36. The monoisotopic (exact) mass is 375 g/mol. The zero-order valence-electron chi connectivity index (χ0n) is 15.8. The number of nitrogens with two attached hydrogens (primary N) is 1. The highest BCUT2D eigenvalue weighted by molar-refractivity contribution is 6.00. The van der Waals surface area contributed by atoms with Crippen molar-refractivity contribution in [1.29, 1.82) is 0 Å². The number of nitrogens with one attached hydrogen (secondary N) is 1. The number of aromatic nitrogens is 1. The fourth-order valence-electron chi connectivity index (χ4n) is 2.64. The second kappa shape index (κ2) is 8.11. The Kier molecular flexibility index (Phi) is 6.09. The molecule has 0 atom stereocenters. The Hall–Kier alpha value is -3.03. The molecular formula is C19H23F2N5O. The van der Waals surface area contributed by atoms with Crippen LogP contribution in [0.3, 0.4) is 0 Å². The summed E-state index contributed by atoms with van der Waals surface area (Å²) in [4.78, 5) is 21.8. The van der Waals surface area contributed by atoms with Crippen molar-refractivity contribution in [3.8, 4) is 0 Å². The van der Waals surface area contributed by atoms with Crippen LogP contribution in [0.5, 0.6) is 0 Å². The molecule has 0 aliphatic carbocycles. The topological polar surface area (TPSA) is 83.6 Å². The lowest BCUT2D eigenvalue weighted by molar-refractivity contribution is -0.131. The predicted octanol–water partition coefficient (Wildman–Crippen LogP) is 3.17. The molecule has 0 radical (unpaired) electrons. The predicted molar refractivity (Wildman–Crippen MR) is 102 cm³/mol. The van der Waals surface area contributed by atoms with Crippen LogP contribution in [0.15, 0.2) is 41.7 Å². The molecule has 0 bridgehead atoms. The molecule has 0 aliphatic heterocycles. The molecule has 0 spiro atoms. The summed E-state index contributed by atoms with van der Waals surface area (Å²) >= 11 is 0. The van der Waals surface area contributed by atoms with Crippen molar-refractivity contribution in [2.24, 2.45) is 10.7 Å². The molecule has 1 amide bonds. The van der Waals surface area contributed by atoms with E-state index in [1.54, 1.807) is 20.8 Å². The van der Waals surface area contributed by atoms with Crippen LogP contribution in [0.1, 0.15) is 26.3 Å². The van der Waals surface area contributed by atoms with Gasteiger partial charge in [0.25, 0.3) is 0 Å². The fourth-order valence-corrected chi connectivity index (χ4v) is 2.64. The molecule has 144 valence electrons. The minimum absolute atomic E-state index is 0.0658. The molecule has 1 heterocycles. The number of amides is 1.